The monoisotopic (exact) mass is 332 g/mol. The number of hydrogen-bond acceptors (Lipinski definition) is 8. The molecule has 2 aliphatic heterocycles. The van der Waals surface area contributed by atoms with Gasteiger partial charge in [0, 0.05) is 33.3 Å². The predicted octanol–water partition coefficient (Wildman–Crippen LogP) is 1.87. The molecule has 2 aromatic heterocycles. The maximum absolute atomic E-state index is 5.36. The number of piperidine rings is 2. The maximum Gasteiger partial charge on any atom is 0.245 e. The van der Waals surface area contributed by atoms with Gasteiger partial charge in [-0.25, -0.2) is 14.6 Å². The van der Waals surface area contributed by atoms with Crippen molar-refractivity contribution in [2.24, 2.45) is 5.92 Å². The molecule has 0 aromatic carbocycles. The minimum atomic E-state index is 0.486. The SMILES string of the molecule is COCC1CCCN(c2nc3nonc3nc2N2CCCCC2)C1. The highest BCUT2D eigenvalue weighted by Crippen LogP contribution is 2.32. The van der Waals surface area contributed by atoms with Crippen molar-refractivity contribution in [3.63, 3.8) is 0 Å². The van der Waals surface area contributed by atoms with Crippen LogP contribution in [0.1, 0.15) is 32.1 Å². The summed E-state index contributed by atoms with van der Waals surface area (Å²) in [4.78, 5) is 14.1. The first-order valence-electron chi connectivity index (χ1n) is 8.84. The highest BCUT2D eigenvalue weighted by atomic mass is 16.6. The topological polar surface area (TPSA) is 80.4 Å². The van der Waals surface area contributed by atoms with Crippen LogP contribution in [0.5, 0.6) is 0 Å². The number of aromatic nitrogens is 4. The number of hydrogen-bond donors (Lipinski definition) is 0. The van der Waals surface area contributed by atoms with Crippen molar-refractivity contribution in [2.45, 2.75) is 32.1 Å². The summed E-state index contributed by atoms with van der Waals surface area (Å²) in [6.45, 7) is 4.77. The van der Waals surface area contributed by atoms with E-state index in [1.165, 1.54) is 25.7 Å². The molecule has 2 aliphatic rings. The summed E-state index contributed by atoms with van der Waals surface area (Å²) >= 11 is 0. The summed E-state index contributed by atoms with van der Waals surface area (Å²) in [6.07, 6.45) is 6.02. The van der Waals surface area contributed by atoms with E-state index in [1.807, 2.05) is 0 Å². The average Bonchev–Trinajstić information content (AvgIpc) is 3.09. The van der Waals surface area contributed by atoms with Crippen LogP contribution in [-0.4, -0.2) is 60.2 Å². The summed E-state index contributed by atoms with van der Waals surface area (Å²) in [5, 5.41) is 7.77. The molecule has 0 radical (unpaired) electrons. The first-order chi connectivity index (χ1) is 11.8. The highest BCUT2D eigenvalue weighted by molar-refractivity contribution is 5.74. The van der Waals surface area contributed by atoms with Crippen LogP contribution in [0.25, 0.3) is 11.3 Å². The van der Waals surface area contributed by atoms with Crippen molar-refractivity contribution >= 4 is 22.9 Å². The summed E-state index contributed by atoms with van der Waals surface area (Å²) in [5.41, 5.74) is 0.976. The number of ether oxygens (including phenoxy) is 1. The zero-order chi connectivity index (χ0) is 16.4. The molecule has 8 heteroatoms. The van der Waals surface area contributed by atoms with Gasteiger partial charge in [0.1, 0.15) is 0 Å². The minimum absolute atomic E-state index is 0.486. The van der Waals surface area contributed by atoms with E-state index in [0.29, 0.717) is 17.2 Å². The molecule has 2 saturated heterocycles. The molecule has 0 saturated carbocycles. The quantitative estimate of drug-likeness (QED) is 0.839. The molecule has 0 spiro atoms. The lowest BCUT2D eigenvalue weighted by molar-refractivity contribution is 0.143. The number of methoxy groups -OCH3 is 1. The zero-order valence-electron chi connectivity index (χ0n) is 14.1. The molecular formula is C16H24N6O2. The molecule has 2 aromatic rings. The fraction of sp³-hybridized carbons (Fsp3) is 0.750. The Morgan fingerprint density at radius 1 is 0.958 bits per heavy atom. The Hall–Kier alpha value is -1.96. The van der Waals surface area contributed by atoms with Gasteiger partial charge in [-0.1, -0.05) is 0 Å². The van der Waals surface area contributed by atoms with Gasteiger partial charge in [0.25, 0.3) is 0 Å². The van der Waals surface area contributed by atoms with Crippen LogP contribution in [0.2, 0.25) is 0 Å². The minimum Gasteiger partial charge on any atom is -0.384 e. The molecule has 130 valence electrons. The van der Waals surface area contributed by atoms with Gasteiger partial charge in [0.05, 0.1) is 6.61 Å². The summed E-state index contributed by atoms with van der Waals surface area (Å²) in [6, 6.07) is 0. The van der Waals surface area contributed by atoms with E-state index in [1.54, 1.807) is 7.11 Å². The van der Waals surface area contributed by atoms with Crippen LogP contribution in [0.15, 0.2) is 4.63 Å². The lowest BCUT2D eigenvalue weighted by Gasteiger charge is -2.36. The second-order valence-corrected chi connectivity index (χ2v) is 6.74. The van der Waals surface area contributed by atoms with Crippen LogP contribution >= 0.6 is 0 Å². The summed E-state index contributed by atoms with van der Waals surface area (Å²) < 4.78 is 10.2. The van der Waals surface area contributed by atoms with Gasteiger partial charge in [-0.05, 0) is 48.3 Å². The number of fused-ring (bicyclic) bond motifs is 1. The molecular weight excluding hydrogens is 308 g/mol. The summed E-state index contributed by atoms with van der Waals surface area (Å²) in [7, 11) is 1.77. The van der Waals surface area contributed by atoms with Gasteiger partial charge in [-0.15, -0.1) is 0 Å². The second kappa shape index (κ2) is 6.88. The van der Waals surface area contributed by atoms with Gasteiger partial charge >= 0.3 is 0 Å². The number of nitrogens with zero attached hydrogens (tertiary/aromatic N) is 6. The van der Waals surface area contributed by atoms with Gasteiger partial charge < -0.3 is 14.5 Å². The van der Waals surface area contributed by atoms with Crippen LogP contribution in [-0.2, 0) is 4.74 Å². The first-order valence-corrected chi connectivity index (χ1v) is 8.84. The lowest BCUT2D eigenvalue weighted by Crippen LogP contribution is -2.40. The Morgan fingerprint density at radius 3 is 2.33 bits per heavy atom. The normalized spacial score (nSPS) is 22.3. The van der Waals surface area contributed by atoms with E-state index in [9.17, 15) is 0 Å². The van der Waals surface area contributed by atoms with Crippen LogP contribution in [0.3, 0.4) is 0 Å². The van der Waals surface area contributed by atoms with E-state index < -0.39 is 0 Å². The largest absolute Gasteiger partial charge is 0.384 e. The molecule has 1 atom stereocenters. The second-order valence-electron chi connectivity index (χ2n) is 6.74. The first kappa shape index (κ1) is 15.6. The summed E-state index contributed by atoms with van der Waals surface area (Å²) in [5.74, 6) is 2.38. The third-order valence-corrected chi connectivity index (χ3v) is 4.95. The zero-order valence-corrected chi connectivity index (χ0v) is 14.1. The fourth-order valence-corrected chi connectivity index (χ4v) is 3.78. The van der Waals surface area contributed by atoms with Crippen molar-refractivity contribution in [1.29, 1.82) is 0 Å². The molecule has 4 rings (SSSR count). The molecule has 0 aliphatic carbocycles. The smallest absolute Gasteiger partial charge is 0.245 e. The number of rotatable bonds is 4. The van der Waals surface area contributed by atoms with Gasteiger partial charge in [0.2, 0.25) is 11.3 Å². The Bertz CT molecular complexity index is 682. The average molecular weight is 332 g/mol. The lowest BCUT2D eigenvalue weighted by atomic mass is 9.99. The van der Waals surface area contributed by atoms with Crippen molar-refractivity contribution in [3.05, 3.63) is 0 Å². The Labute approximate surface area is 141 Å². The van der Waals surface area contributed by atoms with Crippen molar-refractivity contribution in [3.8, 4) is 0 Å². The Kier molecular flexibility index (Phi) is 4.46. The third-order valence-electron chi connectivity index (χ3n) is 4.95. The standard InChI is InChI=1S/C16H24N6O2/c1-23-11-12-6-5-9-22(10-12)16-15(21-7-3-2-4-8-21)17-13-14(18-16)20-24-19-13/h12H,2-11H2,1H3. The van der Waals surface area contributed by atoms with Crippen molar-refractivity contribution < 1.29 is 9.37 Å². The Balaban J connectivity index is 1.69. The maximum atomic E-state index is 5.36. The Morgan fingerprint density at radius 2 is 1.62 bits per heavy atom. The van der Waals surface area contributed by atoms with Crippen LogP contribution in [0, 0.1) is 5.92 Å². The van der Waals surface area contributed by atoms with Gasteiger partial charge in [0.15, 0.2) is 11.6 Å². The predicted molar refractivity (Wildman–Crippen MR) is 90.3 cm³/mol. The molecule has 4 heterocycles. The molecule has 0 bridgehead atoms. The van der Waals surface area contributed by atoms with E-state index in [-0.39, 0.29) is 0 Å². The van der Waals surface area contributed by atoms with Crippen molar-refractivity contribution in [1.82, 2.24) is 20.3 Å². The fourth-order valence-electron chi connectivity index (χ4n) is 3.78. The van der Waals surface area contributed by atoms with Crippen LogP contribution in [0.4, 0.5) is 11.6 Å². The molecule has 0 N–H and O–H groups in total. The van der Waals surface area contributed by atoms with Crippen LogP contribution < -0.4 is 9.80 Å². The molecule has 0 amide bonds. The number of anilines is 2. The molecule has 24 heavy (non-hydrogen) atoms. The third kappa shape index (κ3) is 3.02. The van der Waals surface area contributed by atoms with Gasteiger partial charge in [-0.3, -0.25) is 0 Å². The highest BCUT2D eigenvalue weighted by Gasteiger charge is 2.27. The van der Waals surface area contributed by atoms with E-state index in [0.717, 1.165) is 50.8 Å². The van der Waals surface area contributed by atoms with E-state index >= 15 is 0 Å². The van der Waals surface area contributed by atoms with Gasteiger partial charge in [-0.2, -0.15) is 0 Å². The van der Waals surface area contributed by atoms with E-state index in [2.05, 4.69) is 20.1 Å². The molecule has 8 nitrogen and oxygen atoms in total. The van der Waals surface area contributed by atoms with E-state index in [4.69, 9.17) is 19.3 Å². The molecule has 2 fully saturated rings. The van der Waals surface area contributed by atoms with Crippen molar-refractivity contribution in [2.75, 3.05) is 49.7 Å². The molecule has 1 unspecified atom stereocenters.